The van der Waals surface area contributed by atoms with Crippen molar-refractivity contribution < 1.29 is 62.4 Å². The zero-order chi connectivity index (χ0) is 46.9. The number of amides is 9. The first-order valence-electron chi connectivity index (χ1n) is 21.5. The Kier molecular flexibility index (Phi) is 24.0. The summed E-state index contributed by atoms with van der Waals surface area (Å²) >= 11 is 0. The number of hydrogen-bond donors (Lipinski definition) is 7. The summed E-state index contributed by atoms with van der Waals surface area (Å²) in [5.41, 5.74) is 5.90. The van der Waals surface area contributed by atoms with Gasteiger partial charge >= 0.3 is 6.03 Å². The molecule has 2 aliphatic rings. The van der Waals surface area contributed by atoms with E-state index < -0.39 is 59.7 Å². The number of piperazine rings is 1. The molecule has 0 radical (unpaired) electrons. The number of primary amides is 1. The molecule has 9 amide bonds. The lowest BCUT2D eigenvalue weighted by molar-refractivity contribution is -0.142. The zero-order valence-electron chi connectivity index (χ0n) is 37.0. The Morgan fingerprint density at radius 2 is 1.30 bits per heavy atom. The van der Waals surface area contributed by atoms with Crippen LogP contribution in [-0.2, 0) is 52.5 Å². The number of rotatable bonds is 30. The number of aliphatic hydroxyl groups is 1. The standard InChI is InChI=1S/C42H65N9O13/c1-29(2)37(48-34(53)13-21-61-23-25-63-27-28-64-26-24-62-22-15-44-33(52)12-16-51-35(54)10-11-36(51)55)40(58)47-32(5-4-14-45-42(43)60)39(57)46-31-8-6-30(7-9-31)38(56)41(59)50-19-17-49(3)18-20-50/h6-11,29,32,37-38,56H,4-5,12-28H2,1-3H3,(H,44,52)(H,46,57)(H,47,58)(H,48,53)(H3,43,45,60)/t32-,37-,38?/m0/s1. The maximum atomic E-state index is 13.5. The maximum absolute atomic E-state index is 13.5. The molecule has 356 valence electrons. The van der Waals surface area contributed by atoms with Crippen molar-refractivity contribution in [3.63, 3.8) is 0 Å². The van der Waals surface area contributed by atoms with Crippen LogP contribution in [0.2, 0.25) is 0 Å². The molecule has 0 bridgehead atoms. The molecule has 3 rings (SSSR count). The van der Waals surface area contributed by atoms with Crippen molar-refractivity contribution in [2.45, 2.75) is 57.7 Å². The van der Waals surface area contributed by atoms with Crippen LogP contribution in [-0.4, -0.2) is 185 Å². The van der Waals surface area contributed by atoms with Gasteiger partial charge in [0.2, 0.25) is 23.6 Å². The molecule has 0 spiro atoms. The molecule has 2 aliphatic heterocycles. The number of imide groups is 1. The summed E-state index contributed by atoms with van der Waals surface area (Å²) < 4.78 is 21.8. The summed E-state index contributed by atoms with van der Waals surface area (Å²) in [5.74, 6) is -3.47. The van der Waals surface area contributed by atoms with E-state index in [1.807, 2.05) is 7.05 Å². The molecule has 3 atom stereocenters. The molecule has 8 N–H and O–H groups in total. The number of likely N-dealkylation sites (N-methyl/N-ethyl adjacent to an activating group) is 1. The minimum absolute atomic E-state index is 0.00721. The number of nitrogens with two attached hydrogens (primary N) is 1. The topological polar surface area (TPSA) is 290 Å². The average molecular weight is 904 g/mol. The fourth-order valence-corrected chi connectivity index (χ4v) is 6.29. The van der Waals surface area contributed by atoms with E-state index in [2.05, 4.69) is 31.5 Å². The molecular weight excluding hydrogens is 839 g/mol. The van der Waals surface area contributed by atoms with E-state index in [1.54, 1.807) is 43.0 Å². The van der Waals surface area contributed by atoms with Gasteiger partial charge in [-0.2, -0.15) is 0 Å². The number of anilines is 1. The Balaban J connectivity index is 1.30. The Morgan fingerprint density at radius 3 is 1.88 bits per heavy atom. The van der Waals surface area contributed by atoms with Gasteiger partial charge in [-0.1, -0.05) is 26.0 Å². The maximum Gasteiger partial charge on any atom is 0.312 e. The SMILES string of the molecule is CC(C)[C@H](NC(=O)CCOCCOCCOCCOCCNC(=O)CCN1C(=O)C=CC1=O)C(=O)N[C@@H](CCCNC(N)=O)C(=O)Nc1ccc(C(O)C(=O)N2CCN(C)CC2)cc1. The fourth-order valence-electron chi connectivity index (χ4n) is 6.29. The second kappa shape index (κ2) is 29.0. The predicted octanol–water partition coefficient (Wildman–Crippen LogP) is -1.61. The number of nitrogens with one attached hydrogen (secondary N) is 5. The second-order valence-electron chi connectivity index (χ2n) is 15.4. The van der Waals surface area contributed by atoms with Gasteiger partial charge in [-0.3, -0.25) is 38.5 Å². The van der Waals surface area contributed by atoms with Crippen LogP contribution in [0.1, 0.15) is 51.2 Å². The first-order chi connectivity index (χ1) is 30.7. The molecule has 2 heterocycles. The Bertz CT molecular complexity index is 1700. The van der Waals surface area contributed by atoms with Crippen LogP contribution >= 0.6 is 0 Å². The third-order valence-corrected chi connectivity index (χ3v) is 10.0. The van der Waals surface area contributed by atoms with Gasteiger partial charge in [0, 0.05) is 76.5 Å². The molecule has 1 aromatic rings. The van der Waals surface area contributed by atoms with Gasteiger partial charge in [0.05, 0.1) is 52.9 Å². The van der Waals surface area contributed by atoms with Crippen molar-refractivity contribution in [1.29, 1.82) is 0 Å². The summed E-state index contributed by atoms with van der Waals surface area (Å²) in [7, 11) is 1.97. The van der Waals surface area contributed by atoms with Crippen LogP contribution in [0.25, 0.3) is 0 Å². The highest BCUT2D eigenvalue weighted by Crippen LogP contribution is 2.20. The predicted molar refractivity (Wildman–Crippen MR) is 231 cm³/mol. The largest absolute Gasteiger partial charge is 0.379 e. The van der Waals surface area contributed by atoms with E-state index in [1.165, 1.54) is 12.2 Å². The molecule has 0 saturated carbocycles. The van der Waals surface area contributed by atoms with Gasteiger partial charge in [-0.15, -0.1) is 0 Å². The fraction of sp³-hybridized carbons (Fsp3) is 0.619. The number of benzene rings is 1. The first kappa shape index (κ1) is 52.8. The second-order valence-corrected chi connectivity index (χ2v) is 15.4. The molecule has 1 saturated heterocycles. The molecule has 22 nitrogen and oxygen atoms in total. The van der Waals surface area contributed by atoms with Crippen LogP contribution in [0.4, 0.5) is 10.5 Å². The van der Waals surface area contributed by atoms with Crippen LogP contribution in [0, 0.1) is 5.92 Å². The molecular formula is C42H65N9O13. The van der Waals surface area contributed by atoms with Crippen LogP contribution < -0.4 is 32.3 Å². The van der Waals surface area contributed by atoms with Gasteiger partial charge in [0.15, 0.2) is 6.10 Å². The first-order valence-corrected chi connectivity index (χ1v) is 21.5. The van der Waals surface area contributed by atoms with E-state index >= 15 is 0 Å². The number of aliphatic hydroxyl groups excluding tert-OH is 1. The highest BCUT2D eigenvalue weighted by molar-refractivity contribution is 6.13. The lowest BCUT2D eigenvalue weighted by Crippen LogP contribution is -2.54. The van der Waals surface area contributed by atoms with Crippen LogP contribution in [0.5, 0.6) is 0 Å². The summed E-state index contributed by atoms with van der Waals surface area (Å²) in [6, 6.07) is 3.42. The summed E-state index contributed by atoms with van der Waals surface area (Å²) in [5, 5.41) is 24.0. The third-order valence-electron chi connectivity index (χ3n) is 10.0. The molecule has 0 aliphatic carbocycles. The quantitative estimate of drug-likeness (QED) is 0.0338. The van der Waals surface area contributed by atoms with Crippen molar-refractivity contribution in [1.82, 2.24) is 36.0 Å². The van der Waals surface area contributed by atoms with E-state index in [-0.39, 0.29) is 77.1 Å². The van der Waals surface area contributed by atoms with Crippen molar-refractivity contribution >= 4 is 53.1 Å². The Morgan fingerprint density at radius 1 is 0.719 bits per heavy atom. The van der Waals surface area contributed by atoms with Gasteiger partial charge < -0.3 is 66.2 Å². The lowest BCUT2D eigenvalue weighted by Gasteiger charge is -2.33. The normalized spacial score (nSPS) is 15.5. The molecule has 22 heteroatoms. The highest BCUT2D eigenvalue weighted by atomic mass is 16.6. The Labute approximate surface area is 373 Å². The molecule has 64 heavy (non-hydrogen) atoms. The average Bonchev–Trinajstić information content (AvgIpc) is 3.59. The van der Waals surface area contributed by atoms with Crippen LogP contribution in [0.15, 0.2) is 36.4 Å². The van der Waals surface area contributed by atoms with Gasteiger partial charge in [-0.25, -0.2) is 4.79 Å². The van der Waals surface area contributed by atoms with E-state index in [0.717, 1.165) is 4.90 Å². The van der Waals surface area contributed by atoms with Gasteiger partial charge in [-0.05, 0) is 43.5 Å². The number of carbonyl (C=O) groups excluding carboxylic acids is 8. The van der Waals surface area contributed by atoms with E-state index in [0.29, 0.717) is 70.3 Å². The lowest BCUT2D eigenvalue weighted by atomic mass is 10.0. The molecule has 1 unspecified atom stereocenters. The molecule has 1 aromatic carbocycles. The zero-order valence-corrected chi connectivity index (χ0v) is 37.0. The summed E-state index contributed by atoms with van der Waals surface area (Å²) in [4.78, 5) is 103. The van der Waals surface area contributed by atoms with Crippen LogP contribution in [0.3, 0.4) is 0 Å². The monoisotopic (exact) mass is 903 g/mol. The number of carbonyl (C=O) groups is 8. The van der Waals surface area contributed by atoms with E-state index in [9.17, 15) is 43.5 Å². The summed E-state index contributed by atoms with van der Waals surface area (Å²) in [6.07, 6.45) is 1.38. The third kappa shape index (κ3) is 19.9. The van der Waals surface area contributed by atoms with E-state index in [4.69, 9.17) is 24.7 Å². The van der Waals surface area contributed by atoms with Crippen molar-refractivity contribution in [2.75, 3.05) is 111 Å². The number of hydrogen-bond acceptors (Lipinski definition) is 14. The Hall–Kier alpha value is -5.52. The number of nitrogens with zero attached hydrogens (tertiary/aromatic N) is 3. The highest BCUT2D eigenvalue weighted by Gasteiger charge is 2.30. The van der Waals surface area contributed by atoms with Crippen molar-refractivity contribution in [2.24, 2.45) is 11.7 Å². The van der Waals surface area contributed by atoms with Crippen molar-refractivity contribution in [3.8, 4) is 0 Å². The minimum atomic E-state index is -1.36. The smallest absolute Gasteiger partial charge is 0.312 e. The number of ether oxygens (including phenoxy) is 4. The summed E-state index contributed by atoms with van der Waals surface area (Å²) in [6.45, 7) is 8.46. The van der Waals surface area contributed by atoms with Gasteiger partial charge in [0.1, 0.15) is 12.1 Å². The number of urea groups is 1. The minimum Gasteiger partial charge on any atom is -0.379 e. The molecule has 0 aromatic heterocycles. The van der Waals surface area contributed by atoms with Gasteiger partial charge in [0.25, 0.3) is 17.7 Å². The molecule has 1 fully saturated rings. The van der Waals surface area contributed by atoms with Crippen molar-refractivity contribution in [3.05, 3.63) is 42.0 Å².